The van der Waals surface area contributed by atoms with Crippen LogP contribution in [0.2, 0.25) is 0 Å². The molecule has 0 aliphatic heterocycles. The fraction of sp³-hybridized carbons (Fsp3) is 0.692. The zero-order chi connectivity index (χ0) is 16.0. The van der Waals surface area contributed by atoms with Gasteiger partial charge in [-0.3, -0.25) is 10.1 Å². The lowest BCUT2D eigenvalue weighted by molar-refractivity contribution is -0.385. The van der Waals surface area contributed by atoms with E-state index >= 15 is 0 Å². The van der Waals surface area contributed by atoms with Crippen molar-refractivity contribution in [3.63, 3.8) is 0 Å². The molecule has 0 unspecified atom stereocenters. The second kappa shape index (κ2) is 7.72. The van der Waals surface area contributed by atoms with Crippen molar-refractivity contribution in [2.45, 2.75) is 20.3 Å². The smallest absolute Gasteiger partial charge is 0.332 e. The average Bonchev–Trinajstić information content (AvgIpc) is 2.41. The van der Waals surface area contributed by atoms with Crippen molar-refractivity contribution in [1.82, 2.24) is 14.9 Å². The van der Waals surface area contributed by atoms with E-state index in [1.807, 2.05) is 30.8 Å². The van der Waals surface area contributed by atoms with Crippen LogP contribution in [0.25, 0.3) is 0 Å². The van der Waals surface area contributed by atoms with E-state index in [1.165, 1.54) is 0 Å². The predicted octanol–water partition coefficient (Wildman–Crippen LogP) is 1.51. The molecule has 21 heavy (non-hydrogen) atoms. The van der Waals surface area contributed by atoms with Crippen molar-refractivity contribution in [2.75, 3.05) is 51.0 Å². The summed E-state index contributed by atoms with van der Waals surface area (Å²) in [7, 11) is 5.65. The molecule has 118 valence electrons. The Morgan fingerprint density at radius 3 is 2.38 bits per heavy atom. The molecule has 0 fully saturated rings. The summed E-state index contributed by atoms with van der Waals surface area (Å²) in [5.41, 5.74) is 0.363. The number of anilines is 2. The number of nitrogens with zero attached hydrogens (tertiary/aromatic N) is 5. The van der Waals surface area contributed by atoms with E-state index in [-0.39, 0.29) is 5.69 Å². The second-order valence-corrected chi connectivity index (χ2v) is 5.10. The number of nitrogens with one attached hydrogen (secondary N) is 1. The van der Waals surface area contributed by atoms with Crippen LogP contribution in [0.1, 0.15) is 19.0 Å². The molecule has 0 spiro atoms. The fourth-order valence-electron chi connectivity index (χ4n) is 2.01. The molecule has 1 N–H and O–H groups in total. The highest BCUT2D eigenvalue weighted by Crippen LogP contribution is 2.29. The van der Waals surface area contributed by atoms with Crippen molar-refractivity contribution in [3.05, 3.63) is 15.8 Å². The minimum Gasteiger partial charge on any atom is -0.357 e. The van der Waals surface area contributed by atoms with Crippen LogP contribution in [0.3, 0.4) is 0 Å². The van der Waals surface area contributed by atoms with Crippen LogP contribution in [0.5, 0.6) is 0 Å². The first-order chi connectivity index (χ1) is 9.90. The van der Waals surface area contributed by atoms with Crippen molar-refractivity contribution in [2.24, 2.45) is 0 Å². The highest BCUT2D eigenvalue weighted by atomic mass is 16.6. The van der Waals surface area contributed by atoms with Gasteiger partial charge in [0.05, 0.1) is 4.92 Å². The summed E-state index contributed by atoms with van der Waals surface area (Å²) in [6.45, 7) is 5.88. The molecule has 1 heterocycles. The van der Waals surface area contributed by atoms with Crippen LogP contribution in [0.15, 0.2) is 0 Å². The largest absolute Gasteiger partial charge is 0.357 e. The molecule has 8 heteroatoms. The highest BCUT2D eigenvalue weighted by molar-refractivity contribution is 5.62. The lowest BCUT2D eigenvalue weighted by Gasteiger charge is -2.25. The van der Waals surface area contributed by atoms with Gasteiger partial charge in [0.15, 0.2) is 0 Å². The number of rotatable bonds is 8. The topological polar surface area (TPSA) is 87.4 Å². The minimum absolute atomic E-state index is 0.0128. The Bertz CT molecular complexity index is 492. The van der Waals surface area contributed by atoms with Crippen molar-refractivity contribution in [1.29, 1.82) is 0 Å². The summed E-state index contributed by atoms with van der Waals surface area (Å²) < 4.78 is 0. The van der Waals surface area contributed by atoms with E-state index in [0.29, 0.717) is 30.5 Å². The number of likely N-dealkylation sites (N-methyl/N-ethyl adjacent to an activating group) is 1. The maximum atomic E-state index is 11.4. The van der Waals surface area contributed by atoms with E-state index < -0.39 is 4.92 Å². The highest BCUT2D eigenvalue weighted by Gasteiger charge is 2.26. The van der Waals surface area contributed by atoms with Crippen LogP contribution in [0.4, 0.5) is 17.5 Å². The predicted molar refractivity (Wildman–Crippen MR) is 84.0 cm³/mol. The zero-order valence-corrected chi connectivity index (χ0v) is 13.4. The molecule has 8 nitrogen and oxygen atoms in total. The van der Waals surface area contributed by atoms with Gasteiger partial charge in [-0.15, -0.1) is 0 Å². The van der Waals surface area contributed by atoms with Gasteiger partial charge in [0, 0.05) is 26.7 Å². The Morgan fingerprint density at radius 1 is 1.24 bits per heavy atom. The number of nitro groups is 1. The Morgan fingerprint density at radius 2 is 1.90 bits per heavy atom. The van der Waals surface area contributed by atoms with E-state index in [2.05, 4.69) is 15.3 Å². The SMILES string of the molecule is CCCN(CCN(C)C)c1nc(NC)nc(C)c1[N+](=O)[O-]. The van der Waals surface area contributed by atoms with Crippen molar-refractivity contribution >= 4 is 17.5 Å². The molecule has 0 radical (unpaired) electrons. The van der Waals surface area contributed by atoms with Gasteiger partial charge in [0.25, 0.3) is 0 Å². The van der Waals surface area contributed by atoms with E-state index in [1.54, 1.807) is 14.0 Å². The Hall–Kier alpha value is -1.96. The van der Waals surface area contributed by atoms with Crippen molar-refractivity contribution in [3.8, 4) is 0 Å². The van der Waals surface area contributed by atoms with Gasteiger partial charge < -0.3 is 15.1 Å². The molecule has 0 saturated heterocycles. The Kier molecular flexibility index (Phi) is 6.29. The van der Waals surface area contributed by atoms with Gasteiger partial charge in [-0.2, -0.15) is 4.98 Å². The average molecular weight is 296 g/mol. The maximum Gasteiger partial charge on any atom is 0.332 e. The molecule has 1 rings (SSSR count). The lowest BCUT2D eigenvalue weighted by Crippen LogP contribution is -2.33. The summed E-state index contributed by atoms with van der Waals surface area (Å²) in [4.78, 5) is 23.4. The second-order valence-electron chi connectivity index (χ2n) is 5.10. The quantitative estimate of drug-likeness (QED) is 0.574. The Balaban J connectivity index is 3.25. The molecular formula is C13H24N6O2. The third kappa shape index (κ3) is 4.52. The van der Waals surface area contributed by atoms with Gasteiger partial charge in [0.1, 0.15) is 5.69 Å². The monoisotopic (exact) mass is 296 g/mol. The van der Waals surface area contributed by atoms with Gasteiger partial charge >= 0.3 is 5.69 Å². The standard InChI is InChI=1S/C13H24N6O2/c1-6-7-18(9-8-17(4)5)12-11(19(20)21)10(2)15-13(14-3)16-12/h6-9H2,1-5H3,(H,14,15,16). The molecule has 0 saturated carbocycles. The van der Waals surface area contributed by atoms with Gasteiger partial charge in [-0.1, -0.05) is 6.92 Å². The normalized spacial score (nSPS) is 10.8. The first-order valence-corrected chi connectivity index (χ1v) is 7.01. The maximum absolute atomic E-state index is 11.4. The molecule has 0 aliphatic rings. The van der Waals surface area contributed by atoms with Crippen LogP contribution >= 0.6 is 0 Å². The van der Waals surface area contributed by atoms with Crippen molar-refractivity contribution < 1.29 is 4.92 Å². The molecular weight excluding hydrogens is 272 g/mol. The fourth-order valence-corrected chi connectivity index (χ4v) is 2.01. The Labute approximate surface area is 125 Å². The van der Waals surface area contributed by atoms with Crippen LogP contribution < -0.4 is 10.2 Å². The first kappa shape index (κ1) is 17.1. The van der Waals surface area contributed by atoms with E-state index in [4.69, 9.17) is 0 Å². The van der Waals surface area contributed by atoms with E-state index in [9.17, 15) is 10.1 Å². The third-order valence-electron chi connectivity index (χ3n) is 3.06. The summed E-state index contributed by atoms with van der Waals surface area (Å²) in [6, 6.07) is 0. The summed E-state index contributed by atoms with van der Waals surface area (Å²) in [5.74, 6) is 0.791. The molecule has 1 aromatic heterocycles. The summed E-state index contributed by atoms with van der Waals surface area (Å²) >= 11 is 0. The minimum atomic E-state index is -0.400. The van der Waals surface area contributed by atoms with Crippen LogP contribution in [-0.4, -0.2) is 60.6 Å². The third-order valence-corrected chi connectivity index (χ3v) is 3.06. The number of hydrogen-bond acceptors (Lipinski definition) is 7. The summed E-state index contributed by atoms with van der Waals surface area (Å²) in [6.07, 6.45) is 0.891. The lowest BCUT2D eigenvalue weighted by atomic mass is 10.3. The first-order valence-electron chi connectivity index (χ1n) is 7.01. The van der Waals surface area contributed by atoms with E-state index in [0.717, 1.165) is 13.0 Å². The number of aromatic nitrogens is 2. The molecule has 0 atom stereocenters. The zero-order valence-electron chi connectivity index (χ0n) is 13.4. The number of aryl methyl sites for hydroxylation is 1. The van der Waals surface area contributed by atoms with Crippen LogP contribution in [0, 0.1) is 17.0 Å². The molecule has 0 aliphatic carbocycles. The van der Waals surface area contributed by atoms with Crippen LogP contribution in [-0.2, 0) is 0 Å². The summed E-state index contributed by atoms with van der Waals surface area (Å²) in [5, 5.41) is 14.2. The van der Waals surface area contributed by atoms with Gasteiger partial charge in [0.2, 0.25) is 11.8 Å². The molecule has 1 aromatic rings. The molecule has 0 aromatic carbocycles. The molecule has 0 amide bonds. The van der Waals surface area contributed by atoms with Gasteiger partial charge in [-0.05, 0) is 27.4 Å². The molecule has 0 bridgehead atoms. The number of hydrogen-bond donors (Lipinski definition) is 1. The van der Waals surface area contributed by atoms with Gasteiger partial charge in [-0.25, -0.2) is 4.98 Å².